The predicted octanol–water partition coefficient (Wildman–Crippen LogP) is 19.3. The highest BCUT2D eigenvalue weighted by Crippen LogP contribution is 2.18. The van der Waals surface area contributed by atoms with Gasteiger partial charge in [0.2, 0.25) is 0 Å². The maximum atomic E-state index is 12.9. The van der Waals surface area contributed by atoms with Crippen LogP contribution in [-0.2, 0) is 28.6 Å². The van der Waals surface area contributed by atoms with Gasteiger partial charge in [0.25, 0.3) is 0 Å². The van der Waals surface area contributed by atoms with Crippen molar-refractivity contribution in [3.63, 3.8) is 0 Å². The Kier molecular flexibility index (Phi) is 50.5. The Balaban J connectivity index is 4.30. The largest absolute Gasteiger partial charge is 0.462 e. The van der Waals surface area contributed by atoms with E-state index in [-0.39, 0.29) is 31.1 Å². The molecule has 0 aromatic heterocycles. The van der Waals surface area contributed by atoms with Gasteiger partial charge in [0.1, 0.15) is 13.2 Å². The third-order valence-corrected chi connectivity index (χ3v) is 13.5. The quantitative estimate of drug-likeness (QED) is 0.0344. The van der Waals surface area contributed by atoms with Crippen LogP contribution in [0.5, 0.6) is 0 Å². The summed E-state index contributed by atoms with van der Waals surface area (Å²) in [5.41, 5.74) is 0. The van der Waals surface area contributed by atoms with Crippen LogP contribution in [0, 0.1) is 11.8 Å². The highest BCUT2D eigenvalue weighted by atomic mass is 16.6. The van der Waals surface area contributed by atoms with Crippen molar-refractivity contribution in [2.24, 2.45) is 11.8 Å². The Labute approximate surface area is 406 Å². The second kappa shape index (κ2) is 51.8. The van der Waals surface area contributed by atoms with E-state index in [9.17, 15) is 14.4 Å². The minimum atomic E-state index is -0.763. The van der Waals surface area contributed by atoms with E-state index in [1.165, 1.54) is 218 Å². The maximum Gasteiger partial charge on any atom is 0.306 e. The van der Waals surface area contributed by atoms with E-state index in [0.29, 0.717) is 19.3 Å². The maximum absolute atomic E-state index is 12.9. The second-order valence-electron chi connectivity index (χ2n) is 21.2. The lowest BCUT2D eigenvalue weighted by Gasteiger charge is -2.18. The molecule has 0 aliphatic heterocycles. The van der Waals surface area contributed by atoms with Crippen LogP contribution in [0.15, 0.2) is 0 Å². The number of carbonyl (C=O) groups excluding carboxylic acids is 3. The van der Waals surface area contributed by atoms with Gasteiger partial charge in [-0.25, -0.2) is 0 Å². The fourth-order valence-corrected chi connectivity index (χ4v) is 9.05. The number of unbranched alkanes of at least 4 members (excludes halogenated alkanes) is 38. The molecule has 0 rings (SSSR count). The molecule has 65 heavy (non-hydrogen) atoms. The second-order valence-corrected chi connectivity index (χ2v) is 21.2. The molecule has 0 fully saturated rings. The zero-order valence-corrected chi connectivity index (χ0v) is 44.6. The van der Waals surface area contributed by atoms with Gasteiger partial charge >= 0.3 is 17.9 Å². The summed E-state index contributed by atoms with van der Waals surface area (Å²) in [5.74, 6) is 0.822. The number of rotatable bonds is 53. The third kappa shape index (κ3) is 53.2. The number of hydrogen-bond acceptors (Lipinski definition) is 6. The van der Waals surface area contributed by atoms with E-state index in [1.807, 2.05) is 0 Å². The number of ether oxygens (including phenoxy) is 3. The molecule has 0 saturated carbocycles. The van der Waals surface area contributed by atoms with Crippen LogP contribution in [0.1, 0.15) is 330 Å². The third-order valence-electron chi connectivity index (χ3n) is 13.5. The van der Waals surface area contributed by atoms with Crippen molar-refractivity contribution in [1.82, 2.24) is 0 Å². The van der Waals surface area contributed by atoms with Crippen molar-refractivity contribution >= 4 is 17.9 Å². The Hall–Kier alpha value is -1.59. The molecule has 0 spiro atoms. The fraction of sp³-hybridized carbons (Fsp3) is 0.949. The average Bonchev–Trinajstić information content (AvgIpc) is 3.28. The van der Waals surface area contributed by atoms with E-state index < -0.39 is 6.10 Å². The monoisotopic (exact) mass is 919 g/mol. The van der Waals surface area contributed by atoms with Crippen molar-refractivity contribution in [2.75, 3.05) is 13.2 Å². The van der Waals surface area contributed by atoms with Crippen molar-refractivity contribution in [3.05, 3.63) is 0 Å². The first-order chi connectivity index (χ1) is 31.7. The highest BCUT2D eigenvalue weighted by Gasteiger charge is 2.19. The first kappa shape index (κ1) is 63.4. The van der Waals surface area contributed by atoms with E-state index in [0.717, 1.165) is 69.6 Å². The van der Waals surface area contributed by atoms with E-state index in [1.54, 1.807) is 0 Å². The van der Waals surface area contributed by atoms with Gasteiger partial charge in [0, 0.05) is 19.3 Å². The molecule has 0 heterocycles. The molecule has 0 aromatic carbocycles. The van der Waals surface area contributed by atoms with E-state index >= 15 is 0 Å². The molecule has 386 valence electrons. The van der Waals surface area contributed by atoms with Gasteiger partial charge < -0.3 is 14.2 Å². The van der Waals surface area contributed by atoms with Crippen molar-refractivity contribution in [1.29, 1.82) is 0 Å². The van der Waals surface area contributed by atoms with Crippen LogP contribution >= 0.6 is 0 Å². The minimum absolute atomic E-state index is 0.0628. The van der Waals surface area contributed by atoms with Crippen LogP contribution in [0.25, 0.3) is 0 Å². The first-order valence-corrected chi connectivity index (χ1v) is 29.2. The van der Waals surface area contributed by atoms with Gasteiger partial charge in [-0.15, -0.1) is 0 Å². The number of esters is 3. The Morgan fingerprint density at radius 1 is 0.292 bits per heavy atom. The predicted molar refractivity (Wildman–Crippen MR) is 280 cm³/mol. The minimum Gasteiger partial charge on any atom is -0.462 e. The Morgan fingerprint density at radius 2 is 0.508 bits per heavy atom. The van der Waals surface area contributed by atoms with E-state index in [4.69, 9.17) is 14.2 Å². The van der Waals surface area contributed by atoms with Crippen molar-refractivity contribution in [3.8, 4) is 0 Å². The molecule has 0 bridgehead atoms. The average molecular weight is 920 g/mol. The molecule has 0 aliphatic rings. The van der Waals surface area contributed by atoms with Gasteiger partial charge in [0.15, 0.2) is 6.10 Å². The summed E-state index contributed by atoms with van der Waals surface area (Å²) >= 11 is 0. The normalized spacial score (nSPS) is 12.0. The number of carbonyl (C=O) groups is 3. The summed E-state index contributed by atoms with van der Waals surface area (Å²) in [4.78, 5) is 38.2. The molecule has 6 heteroatoms. The van der Waals surface area contributed by atoms with Crippen LogP contribution in [-0.4, -0.2) is 37.2 Å². The summed E-state index contributed by atoms with van der Waals surface area (Å²) in [5, 5.41) is 0. The van der Waals surface area contributed by atoms with Gasteiger partial charge in [-0.2, -0.15) is 0 Å². The number of hydrogen-bond donors (Lipinski definition) is 0. The molecule has 0 unspecified atom stereocenters. The zero-order chi connectivity index (χ0) is 47.5. The molecule has 0 amide bonds. The molecular weight excluding hydrogens is 805 g/mol. The summed E-state index contributed by atoms with van der Waals surface area (Å²) in [7, 11) is 0. The van der Waals surface area contributed by atoms with Crippen LogP contribution in [0.4, 0.5) is 0 Å². The van der Waals surface area contributed by atoms with Gasteiger partial charge in [-0.05, 0) is 31.1 Å². The van der Waals surface area contributed by atoms with E-state index in [2.05, 4.69) is 34.6 Å². The Bertz CT molecular complexity index is 993. The molecule has 0 saturated heterocycles. The summed E-state index contributed by atoms with van der Waals surface area (Å²) in [6.45, 7) is 11.4. The van der Waals surface area contributed by atoms with Gasteiger partial charge in [0.05, 0.1) is 0 Å². The molecule has 0 N–H and O–H groups in total. The lowest BCUT2D eigenvalue weighted by Crippen LogP contribution is -2.30. The first-order valence-electron chi connectivity index (χ1n) is 29.2. The van der Waals surface area contributed by atoms with Crippen LogP contribution < -0.4 is 0 Å². The fourth-order valence-electron chi connectivity index (χ4n) is 9.05. The summed E-state index contributed by atoms with van der Waals surface area (Å²) in [6.07, 6.45) is 55.2. The lowest BCUT2D eigenvalue weighted by atomic mass is 10.0. The van der Waals surface area contributed by atoms with Crippen molar-refractivity contribution in [2.45, 2.75) is 336 Å². The Morgan fingerprint density at radius 3 is 0.754 bits per heavy atom. The van der Waals surface area contributed by atoms with Crippen LogP contribution in [0.2, 0.25) is 0 Å². The molecule has 0 aromatic rings. The van der Waals surface area contributed by atoms with Crippen LogP contribution in [0.3, 0.4) is 0 Å². The van der Waals surface area contributed by atoms with Gasteiger partial charge in [-0.1, -0.05) is 291 Å². The van der Waals surface area contributed by atoms with Crippen molar-refractivity contribution < 1.29 is 28.6 Å². The molecular formula is C59H114O6. The SMILES string of the molecule is CCCCCCCCCCCCCCCCCCCCC(=O)O[C@@H](COC(=O)CCCCCCCCCCCCCCC(C)C)COC(=O)CCCCCCCCCCCCCC(C)C. The lowest BCUT2D eigenvalue weighted by molar-refractivity contribution is -0.167. The smallest absolute Gasteiger partial charge is 0.306 e. The highest BCUT2D eigenvalue weighted by molar-refractivity contribution is 5.71. The standard InChI is InChI=1S/C59H114O6/c1-6-7-8-9-10-11-12-13-14-15-16-17-18-25-31-36-41-46-51-59(62)65-56(53-64-58(61)50-45-40-35-30-26-21-23-28-33-38-43-48-55(4)5)52-63-57(60)49-44-39-34-29-24-20-19-22-27-32-37-42-47-54(2)3/h54-56H,6-53H2,1-5H3/t56-/m0/s1. The molecule has 6 nitrogen and oxygen atoms in total. The zero-order valence-electron chi connectivity index (χ0n) is 44.6. The topological polar surface area (TPSA) is 78.9 Å². The molecule has 0 radical (unpaired) electrons. The van der Waals surface area contributed by atoms with Gasteiger partial charge in [-0.3, -0.25) is 14.4 Å². The summed E-state index contributed by atoms with van der Waals surface area (Å²) < 4.78 is 16.9. The molecule has 0 aliphatic carbocycles. The summed E-state index contributed by atoms with van der Waals surface area (Å²) in [6, 6.07) is 0. The molecule has 1 atom stereocenters.